The third-order valence-electron chi connectivity index (χ3n) is 3.45. The number of fused-ring (bicyclic) bond motifs is 1. The number of hydrogen-bond acceptors (Lipinski definition) is 6. The van der Waals surface area contributed by atoms with Crippen molar-refractivity contribution >= 4 is 28.5 Å². The van der Waals surface area contributed by atoms with Crippen LogP contribution in [0.15, 0.2) is 33.5 Å². The van der Waals surface area contributed by atoms with Gasteiger partial charge < -0.3 is 9.73 Å². The molecule has 0 aliphatic carbocycles. The lowest BCUT2D eigenvalue weighted by molar-refractivity contribution is -0.121. The molecule has 0 bridgehead atoms. The number of rotatable bonds is 5. The maximum Gasteiger partial charge on any atom is 0.420 e. The summed E-state index contributed by atoms with van der Waals surface area (Å²) >= 11 is 1.27. The fourth-order valence-corrected chi connectivity index (χ4v) is 3.05. The largest absolute Gasteiger partial charge is 0.420 e. The first kappa shape index (κ1) is 15.4. The van der Waals surface area contributed by atoms with Crippen LogP contribution in [0.4, 0.5) is 0 Å². The molecule has 0 aliphatic rings. The topological polar surface area (TPSA) is 90.0 Å². The first-order valence-electron chi connectivity index (χ1n) is 7.22. The number of benzene rings is 1. The molecule has 0 atom stereocenters. The zero-order valence-corrected chi connectivity index (χ0v) is 13.6. The SMILES string of the molecule is CC(C)c1nnsc1CNC(=O)Cn1c(=O)oc2ccccc21. The minimum atomic E-state index is -0.538. The summed E-state index contributed by atoms with van der Waals surface area (Å²) in [5, 5.41) is 6.87. The van der Waals surface area contributed by atoms with E-state index in [0.29, 0.717) is 17.6 Å². The van der Waals surface area contributed by atoms with Gasteiger partial charge in [-0.2, -0.15) is 0 Å². The van der Waals surface area contributed by atoms with Gasteiger partial charge in [0.05, 0.1) is 22.6 Å². The summed E-state index contributed by atoms with van der Waals surface area (Å²) in [6.07, 6.45) is 0. The van der Waals surface area contributed by atoms with Gasteiger partial charge in [-0.15, -0.1) is 5.10 Å². The number of nitrogens with zero attached hydrogens (tertiary/aromatic N) is 3. The Morgan fingerprint density at radius 3 is 2.96 bits per heavy atom. The Bertz CT molecular complexity index is 893. The van der Waals surface area contributed by atoms with E-state index in [1.54, 1.807) is 24.3 Å². The van der Waals surface area contributed by atoms with Gasteiger partial charge in [0.2, 0.25) is 5.91 Å². The van der Waals surface area contributed by atoms with Crippen LogP contribution in [0.2, 0.25) is 0 Å². The van der Waals surface area contributed by atoms with Crippen molar-refractivity contribution in [2.24, 2.45) is 0 Å². The average Bonchev–Trinajstić information content (AvgIpc) is 3.10. The molecule has 0 saturated heterocycles. The molecule has 8 heteroatoms. The highest BCUT2D eigenvalue weighted by atomic mass is 32.1. The zero-order valence-electron chi connectivity index (χ0n) is 12.8. The highest BCUT2D eigenvalue weighted by Crippen LogP contribution is 2.19. The summed E-state index contributed by atoms with van der Waals surface area (Å²) in [5.74, 6) is -0.550. The average molecular weight is 332 g/mol. The van der Waals surface area contributed by atoms with E-state index in [1.165, 1.54) is 16.1 Å². The van der Waals surface area contributed by atoms with Crippen molar-refractivity contribution in [1.29, 1.82) is 0 Å². The predicted octanol–water partition coefficient (Wildman–Crippen LogP) is 1.89. The Kier molecular flexibility index (Phi) is 4.24. The molecule has 3 rings (SSSR count). The summed E-state index contributed by atoms with van der Waals surface area (Å²) in [6, 6.07) is 7.02. The highest BCUT2D eigenvalue weighted by Gasteiger charge is 2.15. The van der Waals surface area contributed by atoms with Crippen LogP contribution in [-0.2, 0) is 17.9 Å². The van der Waals surface area contributed by atoms with E-state index < -0.39 is 5.76 Å². The molecule has 120 valence electrons. The van der Waals surface area contributed by atoms with E-state index in [4.69, 9.17) is 4.42 Å². The molecular weight excluding hydrogens is 316 g/mol. The Hall–Kier alpha value is -2.48. The lowest BCUT2D eigenvalue weighted by Gasteiger charge is -2.06. The van der Waals surface area contributed by atoms with Crippen molar-refractivity contribution in [3.05, 3.63) is 45.4 Å². The number of amides is 1. The molecule has 0 fully saturated rings. The molecular formula is C15H16N4O3S. The second kappa shape index (κ2) is 6.33. The monoisotopic (exact) mass is 332 g/mol. The van der Waals surface area contributed by atoms with E-state index in [1.807, 2.05) is 13.8 Å². The van der Waals surface area contributed by atoms with Crippen molar-refractivity contribution in [3.8, 4) is 0 Å². The van der Waals surface area contributed by atoms with Crippen molar-refractivity contribution in [3.63, 3.8) is 0 Å². The van der Waals surface area contributed by atoms with Gasteiger partial charge in [-0.1, -0.05) is 30.5 Å². The van der Waals surface area contributed by atoms with Gasteiger partial charge in [-0.05, 0) is 29.6 Å². The van der Waals surface area contributed by atoms with Crippen molar-refractivity contribution in [2.75, 3.05) is 0 Å². The van der Waals surface area contributed by atoms with E-state index in [-0.39, 0.29) is 18.4 Å². The quantitative estimate of drug-likeness (QED) is 0.770. The van der Waals surface area contributed by atoms with E-state index in [0.717, 1.165) is 10.6 Å². The molecule has 1 aromatic carbocycles. The summed E-state index contributed by atoms with van der Waals surface area (Å²) in [6.45, 7) is 4.33. The summed E-state index contributed by atoms with van der Waals surface area (Å²) in [4.78, 5) is 24.9. The number of nitrogens with one attached hydrogen (secondary N) is 1. The summed E-state index contributed by atoms with van der Waals surface area (Å²) in [5.41, 5.74) is 1.97. The molecule has 0 radical (unpaired) electrons. The highest BCUT2D eigenvalue weighted by molar-refractivity contribution is 7.05. The number of aromatic nitrogens is 3. The van der Waals surface area contributed by atoms with E-state index in [2.05, 4.69) is 14.9 Å². The van der Waals surface area contributed by atoms with Gasteiger partial charge in [0, 0.05) is 0 Å². The molecule has 23 heavy (non-hydrogen) atoms. The van der Waals surface area contributed by atoms with Crippen molar-refractivity contribution in [2.45, 2.75) is 32.9 Å². The van der Waals surface area contributed by atoms with Crippen LogP contribution < -0.4 is 11.1 Å². The molecule has 0 saturated carbocycles. The minimum Gasteiger partial charge on any atom is -0.408 e. The second-order valence-electron chi connectivity index (χ2n) is 5.43. The number of carbonyl (C=O) groups excluding carboxylic acids is 1. The van der Waals surface area contributed by atoms with Gasteiger partial charge in [0.15, 0.2) is 5.58 Å². The predicted molar refractivity (Wildman–Crippen MR) is 86.3 cm³/mol. The van der Waals surface area contributed by atoms with Gasteiger partial charge in [0.1, 0.15) is 6.54 Å². The number of carbonyl (C=O) groups is 1. The Morgan fingerprint density at radius 2 is 2.17 bits per heavy atom. The van der Waals surface area contributed by atoms with Crippen LogP contribution >= 0.6 is 11.5 Å². The van der Waals surface area contributed by atoms with Gasteiger partial charge in [-0.3, -0.25) is 9.36 Å². The van der Waals surface area contributed by atoms with Gasteiger partial charge in [0.25, 0.3) is 0 Å². The van der Waals surface area contributed by atoms with Crippen LogP contribution in [-0.4, -0.2) is 20.1 Å². The minimum absolute atomic E-state index is 0.0842. The van der Waals surface area contributed by atoms with Crippen LogP contribution in [0.1, 0.15) is 30.3 Å². The maximum atomic E-state index is 12.1. The molecule has 1 amide bonds. The van der Waals surface area contributed by atoms with Gasteiger partial charge in [-0.25, -0.2) is 4.79 Å². The molecule has 0 spiro atoms. The molecule has 0 aliphatic heterocycles. The first-order valence-corrected chi connectivity index (χ1v) is 8.00. The van der Waals surface area contributed by atoms with E-state index >= 15 is 0 Å². The third-order valence-corrected chi connectivity index (χ3v) is 4.19. The fraction of sp³-hybridized carbons (Fsp3) is 0.333. The number of para-hydroxylation sites is 2. The summed E-state index contributed by atoms with van der Waals surface area (Å²) < 4.78 is 10.4. The Morgan fingerprint density at radius 1 is 1.39 bits per heavy atom. The molecule has 3 aromatic rings. The van der Waals surface area contributed by atoms with E-state index in [9.17, 15) is 9.59 Å². The van der Waals surface area contributed by atoms with Crippen molar-refractivity contribution in [1.82, 2.24) is 19.5 Å². The van der Waals surface area contributed by atoms with Crippen LogP contribution in [0, 0.1) is 0 Å². The number of oxazole rings is 1. The fourth-order valence-electron chi connectivity index (χ4n) is 2.32. The van der Waals surface area contributed by atoms with Crippen LogP contribution in [0.5, 0.6) is 0 Å². The number of hydrogen-bond donors (Lipinski definition) is 1. The standard InChI is InChI=1S/C15H16N4O3S/c1-9(2)14-12(23-18-17-14)7-16-13(20)8-19-10-5-3-4-6-11(10)22-15(19)21/h3-6,9H,7-8H2,1-2H3,(H,16,20). The zero-order chi connectivity index (χ0) is 16.4. The summed E-state index contributed by atoms with van der Waals surface area (Å²) in [7, 11) is 0. The normalized spacial score (nSPS) is 11.3. The lowest BCUT2D eigenvalue weighted by atomic mass is 10.1. The van der Waals surface area contributed by atoms with Crippen molar-refractivity contribution < 1.29 is 9.21 Å². The molecule has 2 aromatic heterocycles. The smallest absolute Gasteiger partial charge is 0.408 e. The first-order chi connectivity index (χ1) is 11.1. The molecule has 2 heterocycles. The maximum absolute atomic E-state index is 12.1. The Labute approximate surface area is 136 Å². The molecule has 7 nitrogen and oxygen atoms in total. The molecule has 1 N–H and O–H groups in total. The van der Waals surface area contributed by atoms with Crippen LogP contribution in [0.25, 0.3) is 11.1 Å². The van der Waals surface area contributed by atoms with Gasteiger partial charge >= 0.3 is 5.76 Å². The second-order valence-corrected chi connectivity index (χ2v) is 6.27. The Balaban J connectivity index is 1.71. The van der Waals surface area contributed by atoms with Crippen LogP contribution in [0.3, 0.4) is 0 Å². The third kappa shape index (κ3) is 3.16. The molecule has 0 unspecified atom stereocenters. The lowest BCUT2D eigenvalue weighted by Crippen LogP contribution is -2.30.